The molecule has 0 heterocycles. The average molecular weight is 416 g/mol. The number of aliphatic hydroxyl groups is 1. The van der Waals surface area contributed by atoms with Crippen molar-refractivity contribution in [1.29, 1.82) is 0 Å². The lowest BCUT2D eigenvalue weighted by molar-refractivity contribution is -0.135. The van der Waals surface area contributed by atoms with Crippen molar-refractivity contribution in [3.8, 4) is 0 Å². The molecule has 0 aromatic heterocycles. The van der Waals surface area contributed by atoms with Gasteiger partial charge in [-0.15, -0.1) is 0 Å². The number of allylic oxidation sites excluding steroid dienone is 1. The van der Waals surface area contributed by atoms with Crippen LogP contribution in [0.25, 0.3) is 0 Å². The van der Waals surface area contributed by atoms with Crippen LogP contribution in [0.2, 0.25) is 10.0 Å². The van der Waals surface area contributed by atoms with E-state index in [1.165, 1.54) is 42.5 Å². The van der Waals surface area contributed by atoms with Crippen LogP contribution in [0, 0.1) is 0 Å². The second-order valence-corrected chi connectivity index (χ2v) is 7.37. The Kier molecular flexibility index (Phi) is 5.91. The van der Waals surface area contributed by atoms with Crippen LogP contribution < -0.4 is 4.72 Å². The van der Waals surface area contributed by atoms with Crippen molar-refractivity contribution in [2.45, 2.75) is 4.90 Å². The van der Waals surface area contributed by atoms with Gasteiger partial charge < -0.3 is 10.2 Å². The third kappa shape index (κ3) is 4.54. The number of aliphatic carboxylic acids is 1. The van der Waals surface area contributed by atoms with E-state index in [-0.39, 0.29) is 26.2 Å². The standard InChI is InChI=1S/C16H11Cl2NO6S/c17-11-5-2-6-14(15(11)18)26(24,25)19-10-4-1-3-9(7-10)12(20)8-13(21)16(22)23/h1-8,19,21H,(H,22,23)/b13-8+. The molecule has 7 nitrogen and oxygen atoms in total. The topological polar surface area (TPSA) is 121 Å². The van der Waals surface area contributed by atoms with Crippen molar-refractivity contribution in [3.63, 3.8) is 0 Å². The number of carboxylic acid groups (broad SMARTS) is 1. The number of aliphatic hydroxyl groups excluding tert-OH is 1. The minimum absolute atomic E-state index is 0.0322. The molecule has 2 aromatic rings. The van der Waals surface area contributed by atoms with Crippen molar-refractivity contribution < 1.29 is 28.2 Å². The molecule has 0 atom stereocenters. The van der Waals surface area contributed by atoms with Gasteiger partial charge in [0, 0.05) is 17.3 Å². The van der Waals surface area contributed by atoms with E-state index in [0.29, 0.717) is 6.08 Å². The maximum Gasteiger partial charge on any atom is 0.371 e. The van der Waals surface area contributed by atoms with Crippen molar-refractivity contribution in [1.82, 2.24) is 0 Å². The number of carbonyl (C=O) groups is 2. The van der Waals surface area contributed by atoms with E-state index in [4.69, 9.17) is 33.4 Å². The molecular weight excluding hydrogens is 405 g/mol. The Hall–Kier alpha value is -2.55. The van der Waals surface area contributed by atoms with E-state index in [2.05, 4.69) is 4.72 Å². The first-order valence-electron chi connectivity index (χ1n) is 6.87. The molecule has 3 N–H and O–H groups in total. The normalized spacial score (nSPS) is 11.8. The quantitative estimate of drug-likeness (QED) is 0.377. The molecule has 2 aromatic carbocycles. The fourth-order valence-corrected chi connectivity index (χ4v) is 3.72. The Balaban J connectivity index is 2.34. The number of hydrogen-bond donors (Lipinski definition) is 3. The van der Waals surface area contributed by atoms with Crippen LogP contribution >= 0.6 is 23.2 Å². The average Bonchev–Trinajstić information content (AvgIpc) is 2.56. The third-order valence-corrected chi connectivity index (χ3v) is 5.45. The van der Waals surface area contributed by atoms with E-state index in [1.54, 1.807) is 0 Å². The summed E-state index contributed by atoms with van der Waals surface area (Å²) in [5, 5.41) is 17.6. The van der Waals surface area contributed by atoms with Crippen molar-refractivity contribution in [2.24, 2.45) is 0 Å². The highest BCUT2D eigenvalue weighted by atomic mass is 35.5. The minimum Gasteiger partial charge on any atom is -0.502 e. The van der Waals surface area contributed by atoms with Gasteiger partial charge in [0.15, 0.2) is 5.78 Å². The molecule has 26 heavy (non-hydrogen) atoms. The lowest BCUT2D eigenvalue weighted by atomic mass is 10.1. The zero-order chi connectivity index (χ0) is 19.5. The van der Waals surface area contributed by atoms with E-state index in [1.807, 2.05) is 0 Å². The second-order valence-electron chi connectivity index (χ2n) is 4.94. The number of anilines is 1. The Labute approximate surface area is 158 Å². The highest BCUT2D eigenvalue weighted by Crippen LogP contribution is 2.30. The summed E-state index contributed by atoms with van der Waals surface area (Å²) in [5.74, 6) is -3.61. The van der Waals surface area contributed by atoms with Crippen molar-refractivity contribution in [2.75, 3.05) is 4.72 Å². The maximum atomic E-state index is 12.5. The summed E-state index contributed by atoms with van der Waals surface area (Å²) in [6.07, 6.45) is 0.518. The molecule has 0 radical (unpaired) electrons. The number of nitrogens with one attached hydrogen (secondary N) is 1. The summed E-state index contributed by atoms with van der Waals surface area (Å²) in [4.78, 5) is 22.2. The molecule has 10 heteroatoms. The lowest BCUT2D eigenvalue weighted by Crippen LogP contribution is -2.14. The highest BCUT2D eigenvalue weighted by Gasteiger charge is 2.20. The molecule has 0 saturated carbocycles. The third-order valence-electron chi connectivity index (χ3n) is 3.09. The van der Waals surface area contributed by atoms with Crippen molar-refractivity contribution in [3.05, 3.63) is 69.9 Å². The summed E-state index contributed by atoms with van der Waals surface area (Å²) < 4.78 is 27.2. The van der Waals surface area contributed by atoms with E-state index >= 15 is 0 Å². The fourth-order valence-electron chi connectivity index (χ4n) is 1.91. The van der Waals surface area contributed by atoms with Gasteiger partial charge in [0.25, 0.3) is 10.0 Å². The molecule has 2 rings (SSSR count). The number of carbonyl (C=O) groups excluding carboxylic acids is 1. The Morgan fingerprint density at radius 2 is 1.69 bits per heavy atom. The molecule has 0 aliphatic carbocycles. The molecule has 0 fully saturated rings. The predicted octanol–water partition coefficient (Wildman–Crippen LogP) is 3.50. The second kappa shape index (κ2) is 7.77. The number of rotatable bonds is 6. The molecule has 0 unspecified atom stereocenters. The van der Waals surface area contributed by atoms with Crippen LogP contribution in [0.1, 0.15) is 10.4 Å². The van der Waals surface area contributed by atoms with Crippen LogP contribution in [0.15, 0.2) is 59.2 Å². The number of carboxylic acids is 1. The largest absolute Gasteiger partial charge is 0.502 e. The Bertz CT molecular complexity index is 1020. The minimum atomic E-state index is -4.08. The molecule has 0 amide bonds. The Morgan fingerprint density at radius 3 is 2.35 bits per heavy atom. The van der Waals surface area contributed by atoms with Gasteiger partial charge in [-0.25, -0.2) is 13.2 Å². The van der Waals surface area contributed by atoms with E-state index in [9.17, 15) is 18.0 Å². The van der Waals surface area contributed by atoms with Crippen LogP contribution in [0.5, 0.6) is 0 Å². The highest BCUT2D eigenvalue weighted by molar-refractivity contribution is 7.92. The molecular formula is C16H11Cl2NO6S. The lowest BCUT2D eigenvalue weighted by Gasteiger charge is -2.11. The Morgan fingerprint density at radius 1 is 1.04 bits per heavy atom. The fraction of sp³-hybridized carbons (Fsp3) is 0. The van der Waals surface area contributed by atoms with Gasteiger partial charge in [0.1, 0.15) is 4.90 Å². The van der Waals surface area contributed by atoms with Gasteiger partial charge in [-0.05, 0) is 24.3 Å². The van der Waals surface area contributed by atoms with Gasteiger partial charge in [-0.2, -0.15) is 0 Å². The van der Waals surface area contributed by atoms with E-state index in [0.717, 1.165) is 0 Å². The SMILES string of the molecule is O=C(O)/C(O)=C\C(=O)c1cccc(NS(=O)(=O)c2cccc(Cl)c2Cl)c1. The summed E-state index contributed by atoms with van der Waals surface area (Å²) in [6, 6.07) is 9.40. The summed E-state index contributed by atoms with van der Waals surface area (Å²) in [5.41, 5.74) is 0.00491. The first-order chi connectivity index (χ1) is 12.1. The first kappa shape index (κ1) is 19.8. The molecule has 0 saturated heterocycles. The van der Waals surface area contributed by atoms with Gasteiger partial charge in [-0.1, -0.05) is 41.4 Å². The summed E-state index contributed by atoms with van der Waals surface area (Å²) in [7, 11) is -4.08. The van der Waals surface area contributed by atoms with Crippen LogP contribution in [-0.4, -0.2) is 30.4 Å². The maximum absolute atomic E-state index is 12.5. The molecule has 136 valence electrons. The number of hydrogen-bond acceptors (Lipinski definition) is 5. The first-order valence-corrected chi connectivity index (χ1v) is 9.11. The van der Waals surface area contributed by atoms with Crippen LogP contribution in [0.3, 0.4) is 0 Å². The monoisotopic (exact) mass is 415 g/mol. The van der Waals surface area contributed by atoms with Gasteiger partial charge in [-0.3, -0.25) is 9.52 Å². The van der Waals surface area contributed by atoms with Crippen LogP contribution in [-0.2, 0) is 14.8 Å². The smallest absolute Gasteiger partial charge is 0.371 e. The number of halogens is 2. The van der Waals surface area contributed by atoms with E-state index < -0.39 is 27.5 Å². The number of sulfonamides is 1. The number of ketones is 1. The molecule has 0 aliphatic rings. The molecule has 0 bridgehead atoms. The zero-order valence-corrected chi connectivity index (χ0v) is 15.1. The molecule has 0 aliphatic heterocycles. The van der Waals surface area contributed by atoms with Gasteiger partial charge >= 0.3 is 5.97 Å². The summed E-state index contributed by atoms with van der Waals surface area (Å²) >= 11 is 11.7. The van der Waals surface area contributed by atoms with Gasteiger partial charge in [0.2, 0.25) is 5.76 Å². The van der Waals surface area contributed by atoms with Crippen LogP contribution in [0.4, 0.5) is 5.69 Å². The summed E-state index contributed by atoms with van der Waals surface area (Å²) in [6.45, 7) is 0. The van der Waals surface area contributed by atoms with Crippen molar-refractivity contribution >= 4 is 50.7 Å². The number of benzene rings is 2. The predicted molar refractivity (Wildman–Crippen MR) is 96.4 cm³/mol. The zero-order valence-electron chi connectivity index (χ0n) is 12.8. The molecule has 0 spiro atoms. The van der Waals surface area contributed by atoms with Gasteiger partial charge in [0.05, 0.1) is 10.0 Å².